The molecule has 1 aromatic rings. The van der Waals surface area contributed by atoms with Gasteiger partial charge in [-0.1, -0.05) is 0 Å². The van der Waals surface area contributed by atoms with Crippen molar-refractivity contribution in [3.8, 4) is 5.75 Å². The standard InChI is InChI=1S/C15H19N3O3/c19-12-2-3-13-11(9-12)1-4-14(20)18(13)10-15(21)17-7-5-16-6-8-17/h2-3,9,16,19H,1,4-8,10H2. The van der Waals surface area contributed by atoms with Crippen LogP contribution in [0.25, 0.3) is 0 Å². The lowest BCUT2D eigenvalue weighted by atomic mass is 10.0. The summed E-state index contributed by atoms with van der Waals surface area (Å²) in [7, 11) is 0. The number of carbonyl (C=O) groups is 2. The molecule has 6 nitrogen and oxygen atoms in total. The zero-order valence-electron chi connectivity index (χ0n) is 11.8. The first-order valence-corrected chi connectivity index (χ1v) is 7.26. The van der Waals surface area contributed by atoms with Crippen LogP contribution in [-0.4, -0.2) is 54.5 Å². The summed E-state index contributed by atoms with van der Waals surface area (Å²) in [6, 6.07) is 4.94. The van der Waals surface area contributed by atoms with Gasteiger partial charge in [0, 0.05) is 38.3 Å². The SMILES string of the molecule is O=C(CN1C(=O)CCc2cc(O)ccc21)N1CCNCC1. The van der Waals surface area contributed by atoms with E-state index in [0.717, 1.165) is 24.3 Å². The number of hydrogen-bond donors (Lipinski definition) is 2. The molecule has 0 aliphatic carbocycles. The van der Waals surface area contributed by atoms with Crippen LogP contribution in [0.3, 0.4) is 0 Å². The number of nitrogens with zero attached hydrogens (tertiary/aromatic N) is 2. The van der Waals surface area contributed by atoms with E-state index < -0.39 is 0 Å². The zero-order chi connectivity index (χ0) is 14.8. The van der Waals surface area contributed by atoms with E-state index in [4.69, 9.17) is 0 Å². The first-order chi connectivity index (χ1) is 10.1. The average Bonchev–Trinajstić information content (AvgIpc) is 2.51. The van der Waals surface area contributed by atoms with E-state index in [-0.39, 0.29) is 24.1 Å². The van der Waals surface area contributed by atoms with Crippen LogP contribution in [0.15, 0.2) is 18.2 Å². The number of aryl methyl sites for hydroxylation is 1. The highest BCUT2D eigenvalue weighted by Crippen LogP contribution is 2.30. The molecule has 0 radical (unpaired) electrons. The Morgan fingerprint density at radius 1 is 1.24 bits per heavy atom. The van der Waals surface area contributed by atoms with Crippen LogP contribution in [0.2, 0.25) is 0 Å². The number of phenolic OH excluding ortho intramolecular Hbond substituents is 1. The Bertz CT molecular complexity index is 567. The molecule has 0 unspecified atom stereocenters. The molecule has 21 heavy (non-hydrogen) atoms. The summed E-state index contributed by atoms with van der Waals surface area (Å²) < 4.78 is 0. The third-order valence-electron chi connectivity index (χ3n) is 4.03. The molecule has 0 saturated carbocycles. The van der Waals surface area contributed by atoms with Gasteiger partial charge in [-0.25, -0.2) is 0 Å². The molecule has 2 heterocycles. The fourth-order valence-corrected chi connectivity index (χ4v) is 2.87. The highest BCUT2D eigenvalue weighted by atomic mass is 16.3. The predicted octanol–water partition coefficient (Wildman–Crippen LogP) is 0.103. The van der Waals surface area contributed by atoms with Crippen molar-refractivity contribution in [1.29, 1.82) is 0 Å². The lowest BCUT2D eigenvalue weighted by Crippen LogP contribution is -2.51. The minimum Gasteiger partial charge on any atom is -0.508 e. The minimum atomic E-state index is -0.0309. The van der Waals surface area contributed by atoms with Crippen LogP contribution in [0.1, 0.15) is 12.0 Å². The number of anilines is 1. The number of aromatic hydroxyl groups is 1. The highest BCUT2D eigenvalue weighted by Gasteiger charge is 2.28. The average molecular weight is 289 g/mol. The number of piperazine rings is 1. The summed E-state index contributed by atoms with van der Waals surface area (Å²) in [6.45, 7) is 3.04. The molecule has 2 aliphatic rings. The molecular formula is C15H19N3O3. The maximum atomic E-state index is 12.3. The fraction of sp³-hybridized carbons (Fsp3) is 0.467. The largest absolute Gasteiger partial charge is 0.508 e. The Morgan fingerprint density at radius 3 is 2.76 bits per heavy atom. The second-order valence-corrected chi connectivity index (χ2v) is 5.42. The molecular weight excluding hydrogens is 270 g/mol. The van der Waals surface area contributed by atoms with Crippen molar-refractivity contribution < 1.29 is 14.7 Å². The van der Waals surface area contributed by atoms with Gasteiger partial charge in [-0.3, -0.25) is 9.59 Å². The van der Waals surface area contributed by atoms with E-state index in [1.807, 2.05) is 0 Å². The van der Waals surface area contributed by atoms with Crippen molar-refractivity contribution in [1.82, 2.24) is 10.2 Å². The molecule has 2 N–H and O–H groups in total. The van der Waals surface area contributed by atoms with Gasteiger partial charge in [-0.2, -0.15) is 0 Å². The fourth-order valence-electron chi connectivity index (χ4n) is 2.87. The van der Waals surface area contributed by atoms with Crippen molar-refractivity contribution >= 4 is 17.5 Å². The number of phenols is 1. The van der Waals surface area contributed by atoms with E-state index in [9.17, 15) is 14.7 Å². The Balaban J connectivity index is 1.78. The molecule has 0 spiro atoms. The van der Waals surface area contributed by atoms with Gasteiger partial charge >= 0.3 is 0 Å². The van der Waals surface area contributed by atoms with Gasteiger partial charge in [-0.05, 0) is 30.2 Å². The number of fused-ring (bicyclic) bond motifs is 1. The Labute approximate surface area is 123 Å². The van der Waals surface area contributed by atoms with Crippen molar-refractivity contribution in [2.24, 2.45) is 0 Å². The molecule has 1 aromatic carbocycles. The molecule has 0 aromatic heterocycles. The Morgan fingerprint density at radius 2 is 2.00 bits per heavy atom. The molecule has 6 heteroatoms. The van der Waals surface area contributed by atoms with Gasteiger partial charge < -0.3 is 20.2 Å². The molecule has 112 valence electrons. The van der Waals surface area contributed by atoms with Gasteiger partial charge in [0.25, 0.3) is 0 Å². The number of rotatable bonds is 2. The maximum absolute atomic E-state index is 12.3. The monoisotopic (exact) mass is 289 g/mol. The Kier molecular flexibility index (Phi) is 3.79. The molecule has 0 bridgehead atoms. The van der Waals surface area contributed by atoms with Gasteiger partial charge in [0.05, 0.1) is 0 Å². The van der Waals surface area contributed by atoms with E-state index in [1.165, 1.54) is 0 Å². The molecule has 3 rings (SSSR count). The Hall–Kier alpha value is -2.08. The van der Waals surface area contributed by atoms with Crippen LogP contribution in [0.5, 0.6) is 5.75 Å². The van der Waals surface area contributed by atoms with Crippen molar-refractivity contribution in [3.05, 3.63) is 23.8 Å². The first-order valence-electron chi connectivity index (χ1n) is 7.26. The topological polar surface area (TPSA) is 72.9 Å². The maximum Gasteiger partial charge on any atom is 0.242 e. The van der Waals surface area contributed by atoms with Gasteiger partial charge in [0.1, 0.15) is 12.3 Å². The summed E-state index contributed by atoms with van der Waals surface area (Å²) in [6.07, 6.45) is 0.992. The van der Waals surface area contributed by atoms with Crippen LogP contribution in [0.4, 0.5) is 5.69 Å². The third-order valence-corrected chi connectivity index (χ3v) is 4.03. The predicted molar refractivity (Wildman–Crippen MR) is 78.2 cm³/mol. The van der Waals surface area contributed by atoms with E-state index >= 15 is 0 Å². The molecule has 1 saturated heterocycles. The van der Waals surface area contributed by atoms with Crippen molar-refractivity contribution in [2.75, 3.05) is 37.6 Å². The highest BCUT2D eigenvalue weighted by molar-refractivity contribution is 6.01. The van der Waals surface area contributed by atoms with Crippen LogP contribution >= 0.6 is 0 Å². The van der Waals surface area contributed by atoms with Crippen molar-refractivity contribution in [2.45, 2.75) is 12.8 Å². The molecule has 2 amide bonds. The van der Waals surface area contributed by atoms with Gasteiger partial charge in [0.2, 0.25) is 11.8 Å². The summed E-state index contributed by atoms with van der Waals surface area (Å²) in [5, 5.41) is 12.7. The lowest BCUT2D eigenvalue weighted by molar-refractivity contribution is -0.132. The number of hydrogen-bond acceptors (Lipinski definition) is 4. The van der Waals surface area contributed by atoms with Gasteiger partial charge in [0.15, 0.2) is 0 Å². The molecule has 0 atom stereocenters. The summed E-state index contributed by atoms with van der Waals surface area (Å²) in [4.78, 5) is 27.8. The van der Waals surface area contributed by atoms with E-state index in [1.54, 1.807) is 28.0 Å². The van der Waals surface area contributed by atoms with Gasteiger partial charge in [-0.15, -0.1) is 0 Å². The first kappa shape index (κ1) is 13.9. The minimum absolute atomic E-state index is 0.0224. The normalized spacial score (nSPS) is 18.6. The number of benzene rings is 1. The van der Waals surface area contributed by atoms with Crippen LogP contribution in [-0.2, 0) is 16.0 Å². The summed E-state index contributed by atoms with van der Waals surface area (Å²) >= 11 is 0. The second-order valence-electron chi connectivity index (χ2n) is 5.42. The smallest absolute Gasteiger partial charge is 0.242 e. The van der Waals surface area contributed by atoms with Crippen molar-refractivity contribution in [3.63, 3.8) is 0 Å². The van der Waals surface area contributed by atoms with E-state index in [2.05, 4.69) is 5.32 Å². The van der Waals surface area contributed by atoms with E-state index in [0.29, 0.717) is 25.9 Å². The quantitative estimate of drug-likeness (QED) is 0.810. The zero-order valence-corrected chi connectivity index (χ0v) is 11.8. The third kappa shape index (κ3) is 2.85. The molecule has 1 fully saturated rings. The van der Waals surface area contributed by atoms with Crippen LogP contribution in [0, 0.1) is 0 Å². The number of amides is 2. The second kappa shape index (κ2) is 5.73. The van der Waals surface area contributed by atoms with Crippen LogP contribution < -0.4 is 10.2 Å². The molecule has 2 aliphatic heterocycles. The summed E-state index contributed by atoms with van der Waals surface area (Å²) in [5.74, 6) is 0.138. The summed E-state index contributed by atoms with van der Waals surface area (Å²) in [5.41, 5.74) is 1.66. The number of carbonyl (C=O) groups excluding carboxylic acids is 2. The number of nitrogens with one attached hydrogen (secondary N) is 1. The lowest BCUT2D eigenvalue weighted by Gasteiger charge is -2.33.